The Bertz CT molecular complexity index is 275. The summed E-state index contributed by atoms with van der Waals surface area (Å²) in [6, 6.07) is 0. The first-order chi connectivity index (χ1) is 7.04. The van der Waals surface area contributed by atoms with Gasteiger partial charge in [-0.25, -0.2) is 8.42 Å². The molecular weight excluding hydrogens is 210 g/mol. The van der Waals surface area contributed by atoms with Gasteiger partial charge >= 0.3 is 0 Å². The molecule has 0 spiro atoms. The maximum atomic E-state index is 11.5. The molecule has 1 rings (SSSR count). The molecule has 0 saturated heterocycles. The van der Waals surface area contributed by atoms with E-state index < -0.39 is 9.84 Å². The zero-order valence-electron chi connectivity index (χ0n) is 9.88. The van der Waals surface area contributed by atoms with Crippen molar-refractivity contribution in [3.63, 3.8) is 0 Å². The van der Waals surface area contributed by atoms with Gasteiger partial charge in [-0.3, -0.25) is 0 Å². The molecule has 0 aromatic heterocycles. The first-order valence-corrected chi connectivity index (χ1v) is 7.81. The van der Waals surface area contributed by atoms with Crippen LogP contribution in [0.3, 0.4) is 0 Å². The predicted molar refractivity (Wildman–Crippen MR) is 63.8 cm³/mol. The van der Waals surface area contributed by atoms with Crippen molar-refractivity contribution in [2.45, 2.75) is 51.5 Å². The largest absolute Gasteiger partial charge is 0.310 e. The van der Waals surface area contributed by atoms with Crippen molar-refractivity contribution in [2.75, 3.05) is 18.1 Å². The summed E-state index contributed by atoms with van der Waals surface area (Å²) >= 11 is 0. The molecule has 15 heavy (non-hydrogen) atoms. The first-order valence-electron chi connectivity index (χ1n) is 5.99. The summed E-state index contributed by atoms with van der Waals surface area (Å²) in [5.41, 5.74) is 0.266. The van der Waals surface area contributed by atoms with Crippen molar-refractivity contribution in [3.05, 3.63) is 0 Å². The molecule has 1 saturated carbocycles. The summed E-state index contributed by atoms with van der Waals surface area (Å²) in [6.07, 6.45) is 5.53. The van der Waals surface area contributed by atoms with Crippen molar-refractivity contribution >= 4 is 9.84 Å². The second kappa shape index (κ2) is 5.30. The van der Waals surface area contributed by atoms with E-state index in [1.165, 1.54) is 19.3 Å². The van der Waals surface area contributed by atoms with Crippen LogP contribution in [0.1, 0.15) is 46.0 Å². The van der Waals surface area contributed by atoms with E-state index in [1.54, 1.807) is 0 Å². The molecule has 1 aliphatic carbocycles. The van der Waals surface area contributed by atoms with Crippen LogP contribution in [-0.4, -0.2) is 32.0 Å². The van der Waals surface area contributed by atoms with Gasteiger partial charge < -0.3 is 5.32 Å². The van der Waals surface area contributed by atoms with Crippen LogP contribution in [0.25, 0.3) is 0 Å². The maximum Gasteiger partial charge on any atom is 0.151 e. The van der Waals surface area contributed by atoms with E-state index in [0.29, 0.717) is 18.1 Å². The van der Waals surface area contributed by atoms with Crippen LogP contribution in [0.4, 0.5) is 0 Å². The average Bonchev–Trinajstić information content (AvgIpc) is 2.09. The summed E-state index contributed by atoms with van der Waals surface area (Å²) in [5, 5.41) is 3.42. The van der Waals surface area contributed by atoms with E-state index in [1.807, 2.05) is 6.92 Å². The minimum Gasteiger partial charge on any atom is -0.310 e. The summed E-state index contributed by atoms with van der Waals surface area (Å²) in [4.78, 5) is 0. The van der Waals surface area contributed by atoms with Gasteiger partial charge in [-0.2, -0.15) is 0 Å². The van der Waals surface area contributed by atoms with E-state index in [0.717, 1.165) is 12.8 Å². The molecule has 90 valence electrons. The molecule has 1 N–H and O–H groups in total. The molecule has 1 fully saturated rings. The van der Waals surface area contributed by atoms with Gasteiger partial charge in [0.15, 0.2) is 9.84 Å². The summed E-state index contributed by atoms with van der Waals surface area (Å²) in [5.74, 6) is 0.621. The molecule has 0 bridgehead atoms. The van der Waals surface area contributed by atoms with Gasteiger partial charge in [0.2, 0.25) is 0 Å². The van der Waals surface area contributed by atoms with Crippen LogP contribution in [0.15, 0.2) is 0 Å². The highest BCUT2D eigenvalue weighted by Crippen LogP contribution is 2.34. The van der Waals surface area contributed by atoms with Crippen molar-refractivity contribution in [2.24, 2.45) is 0 Å². The molecule has 3 nitrogen and oxygen atoms in total. The van der Waals surface area contributed by atoms with Gasteiger partial charge in [0, 0.05) is 17.8 Å². The van der Waals surface area contributed by atoms with Crippen LogP contribution >= 0.6 is 0 Å². The van der Waals surface area contributed by atoms with Gasteiger partial charge in [-0.1, -0.05) is 13.8 Å². The summed E-state index contributed by atoms with van der Waals surface area (Å²) < 4.78 is 22.9. The Morgan fingerprint density at radius 1 is 1.20 bits per heavy atom. The molecular formula is C11H23NO2S. The molecule has 0 atom stereocenters. The van der Waals surface area contributed by atoms with Gasteiger partial charge in [0.25, 0.3) is 0 Å². The van der Waals surface area contributed by atoms with Crippen LogP contribution < -0.4 is 5.32 Å². The van der Waals surface area contributed by atoms with E-state index in [-0.39, 0.29) is 5.54 Å². The Hall–Kier alpha value is -0.0900. The lowest BCUT2D eigenvalue weighted by Crippen LogP contribution is -2.51. The van der Waals surface area contributed by atoms with E-state index in [2.05, 4.69) is 12.2 Å². The quantitative estimate of drug-likeness (QED) is 0.728. The third-order valence-electron chi connectivity index (χ3n) is 3.42. The molecule has 0 aromatic carbocycles. The van der Waals surface area contributed by atoms with Gasteiger partial charge in [-0.05, 0) is 32.1 Å². The fourth-order valence-electron chi connectivity index (χ4n) is 2.14. The highest BCUT2D eigenvalue weighted by molar-refractivity contribution is 7.91. The smallest absolute Gasteiger partial charge is 0.151 e. The molecule has 0 heterocycles. The SMILES string of the molecule is CCCS(=O)(=O)CCNC1(CC)CCC1. The van der Waals surface area contributed by atoms with Crippen LogP contribution in [0.5, 0.6) is 0 Å². The summed E-state index contributed by atoms with van der Waals surface area (Å²) in [6.45, 7) is 4.70. The Morgan fingerprint density at radius 2 is 1.87 bits per heavy atom. The lowest BCUT2D eigenvalue weighted by Gasteiger charge is -2.42. The standard InChI is InChI=1S/C11H23NO2S/c1-3-9-15(13,14)10-8-12-11(4-2)6-5-7-11/h12H,3-10H2,1-2H3. The molecule has 1 aliphatic rings. The molecule has 0 aromatic rings. The van der Waals surface area contributed by atoms with E-state index >= 15 is 0 Å². The number of hydrogen-bond acceptors (Lipinski definition) is 3. The van der Waals surface area contributed by atoms with Crippen LogP contribution in [0, 0.1) is 0 Å². The average molecular weight is 233 g/mol. The predicted octanol–water partition coefficient (Wildman–Crippen LogP) is 1.73. The highest BCUT2D eigenvalue weighted by atomic mass is 32.2. The third-order valence-corrected chi connectivity index (χ3v) is 5.27. The molecule has 0 radical (unpaired) electrons. The molecule has 0 unspecified atom stereocenters. The van der Waals surface area contributed by atoms with Crippen LogP contribution in [-0.2, 0) is 9.84 Å². The van der Waals surface area contributed by atoms with Crippen molar-refractivity contribution in [1.82, 2.24) is 5.32 Å². The molecule has 0 aliphatic heterocycles. The van der Waals surface area contributed by atoms with Crippen molar-refractivity contribution in [3.8, 4) is 0 Å². The fourth-order valence-corrected chi connectivity index (χ4v) is 3.38. The van der Waals surface area contributed by atoms with E-state index in [4.69, 9.17) is 0 Å². The van der Waals surface area contributed by atoms with Gasteiger partial charge in [0.05, 0.1) is 5.75 Å². The normalized spacial score (nSPS) is 19.9. The van der Waals surface area contributed by atoms with Crippen molar-refractivity contribution < 1.29 is 8.42 Å². The Labute approximate surface area is 93.6 Å². The number of nitrogens with one attached hydrogen (secondary N) is 1. The number of sulfone groups is 1. The minimum atomic E-state index is -2.81. The lowest BCUT2D eigenvalue weighted by molar-refractivity contribution is 0.182. The zero-order valence-corrected chi connectivity index (χ0v) is 10.7. The van der Waals surface area contributed by atoms with Gasteiger partial charge in [0.1, 0.15) is 0 Å². The zero-order chi connectivity index (χ0) is 11.4. The second-order valence-electron chi connectivity index (χ2n) is 4.57. The number of hydrogen-bond donors (Lipinski definition) is 1. The molecule has 0 amide bonds. The first kappa shape index (κ1) is 13.0. The van der Waals surface area contributed by atoms with Crippen molar-refractivity contribution in [1.29, 1.82) is 0 Å². The molecule has 4 heteroatoms. The highest BCUT2D eigenvalue weighted by Gasteiger charge is 2.34. The Kier molecular flexibility index (Phi) is 4.59. The summed E-state index contributed by atoms with van der Waals surface area (Å²) in [7, 11) is -2.81. The maximum absolute atomic E-state index is 11.5. The monoisotopic (exact) mass is 233 g/mol. The lowest BCUT2D eigenvalue weighted by atomic mass is 9.75. The Morgan fingerprint density at radius 3 is 2.27 bits per heavy atom. The Balaban J connectivity index is 2.26. The third kappa shape index (κ3) is 3.76. The minimum absolute atomic E-state index is 0.266. The fraction of sp³-hybridized carbons (Fsp3) is 1.00. The topological polar surface area (TPSA) is 46.2 Å². The van der Waals surface area contributed by atoms with E-state index in [9.17, 15) is 8.42 Å². The number of rotatable bonds is 7. The van der Waals surface area contributed by atoms with Crippen LogP contribution in [0.2, 0.25) is 0 Å². The van der Waals surface area contributed by atoms with Gasteiger partial charge in [-0.15, -0.1) is 0 Å². The second-order valence-corrected chi connectivity index (χ2v) is 6.87.